The monoisotopic (exact) mass is 348 g/mol. The lowest BCUT2D eigenvalue weighted by Crippen LogP contribution is -2.38. The molecule has 5 nitrogen and oxygen atoms in total. The van der Waals surface area contributed by atoms with E-state index < -0.39 is 0 Å². The summed E-state index contributed by atoms with van der Waals surface area (Å²) in [6.07, 6.45) is 2.34. The Kier molecular flexibility index (Phi) is 4.07. The van der Waals surface area contributed by atoms with E-state index in [1.54, 1.807) is 0 Å². The maximum Gasteiger partial charge on any atom is 0.270 e. The summed E-state index contributed by atoms with van der Waals surface area (Å²) in [5.41, 5.74) is 8.10. The van der Waals surface area contributed by atoms with Crippen LogP contribution in [0.1, 0.15) is 23.3 Å². The van der Waals surface area contributed by atoms with Gasteiger partial charge >= 0.3 is 0 Å². The highest BCUT2D eigenvalue weighted by atomic mass is 79.9. The fourth-order valence-corrected chi connectivity index (χ4v) is 2.84. The van der Waals surface area contributed by atoms with Crippen molar-refractivity contribution in [3.63, 3.8) is 0 Å². The standard InChI is InChI=1S/C15H17BrN4O/c16-12-13(10-4-2-1-3-5-10)19-20-14(12)15(21)18-8-11(17)9-6-7-9/h1-5,9,11H,6-8,17H2,(H,18,21)(H,19,20). The zero-order chi connectivity index (χ0) is 14.8. The highest BCUT2D eigenvalue weighted by Gasteiger charge is 2.29. The van der Waals surface area contributed by atoms with Gasteiger partial charge in [-0.25, -0.2) is 0 Å². The Morgan fingerprint density at radius 2 is 2.14 bits per heavy atom. The minimum Gasteiger partial charge on any atom is -0.349 e. The molecule has 1 unspecified atom stereocenters. The highest BCUT2D eigenvalue weighted by Crippen LogP contribution is 2.31. The third-order valence-corrected chi connectivity index (χ3v) is 4.48. The molecule has 1 saturated carbocycles. The molecule has 21 heavy (non-hydrogen) atoms. The Morgan fingerprint density at radius 3 is 2.81 bits per heavy atom. The third kappa shape index (κ3) is 3.16. The number of nitrogens with two attached hydrogens (primary N) is 1. The zero-order valence-electron chi connectivity index (χ0n) is 11.5. The van der Waals surface area contributed by atoms with Crippen LogP contribution >= 0.6 is 15.9 Å². The molecule has 4 N–H and O–H groups in total. The topological polar surface area (TPSA) is 83.8 Å². The summed E-state index contributed by atoms with van der Waals surface area (Å²) in [6.45, 7) is 0.496. The van der Waals surface area contributed by atoms with Gasteiger partial charge in [-0.05, 0) is 34.7 Å². The van der Waals surface area contributed by atoms with E-state index in [2.05, 4.69) is 31.4 Å². The van der Waals surface area contributed by atoms with Gasteiger partial charge in [-0.1, -0.05) is 30.3 Å². The van der Waals surface area contributed by atoms with E-state index in [1.165, 1.54) is 12.8 Å². The second-order valence-electron chi connectivity index (χ2n) is 5.34. The lowest BCUT2D eigenvalue weighted by Gasteiger charge is -2.10. The first kappa shape index (κ1) is 14.3. The smallest absolute Gasteiger partial charge is 0.270 e. The van der Waals surface area contributed by atoms with E-state index in [4.69, 9.17) is 5.73 Å². The first-order chi connectivity index (χ1) is 10.2. The quantitative estimate of drug-likeness (QED) is 0.775. The van der Waals surface area contributed by atoms with Crippen LogP contribution in [0.15, 0.2) is 34.8 Å². The number of rotatable bonds is 5. The van der Waals surface area contributed by atoms with Crippen molar-refractivity contribution in [2.45, 2.75) is 18.9 Å². The van der Waals surface area contributed by atoms with E-state index in [0.717, 1.165) is 11.3 Å². The zero-order valence-corrected chi connectivity index (χ0v) is 13.1. The van der Waals surface area contributed by atoms with E-state index in [-0.39, 0.29) is 11.9 Å². The molecule has 110 valence electrons. The molecular formula is C15H17BrN4O. The average Bonchev–Trinajstić information content (AvgIpc) is 3.28. The summed E-state index contributed by atoms with van der Waals surface area (Å²) in [7, 11) is 0. The maximum atomic E-state index is 12.2. The van der Waals surface area contributed by atoms with Gasteiger partial charge in [-0.3, -0.25) is 9.89 Å². The van der Waals surface area contributed by atoms with Crippen LogP contribution in [0.2, 0.25) is 0 Å². The van der Waals surface area contributed by atoms with Crippen molar-refractivity contribution < 1.29 is 4.79 Å². The molecule has 1 atom stereocenters. The maximum absolute atomic E-state index is 12.2. The van der Waals surface area contributed by atoms with Crippen molar-refractivity contribution in [1.29, 1.82) is 0 Å². The summed E-state index contributed by atoms with van der Waals surface area (Å²) in [4.78, 5) is 12.2. The molecule has 0 bridgehead atoms. The predicted octanol–water partition coefficient (Wildman–Crippen LogP) is 2.31. The Balaban J connectivity index is 1.71. The summed E-state index contributed by atoms with van der Waals surface area (Å²) in [6, 6.07) is 9.76. The Labute approximate surface area is 131 Å². The lowest BCUT2D eigenvalue weighted by molar-refractivity contribution is 0.0944. The molecule has 1 aromatic carbocycles. The molecule has 1 amide bonds. The van der Waals surface area contributed by atoms with Crippen molar-refractivity contribution in [1.82, 2.24) is 15.5 Å². The van der Waals surface area contributed by atoms with Gasteiger partial charge in [0.25, 0.3) is 5.91 Å². The van der Waals surface area contributed by atoms with E-state index in [9.17, 15) is 4.79 Å². The number of aromatic amines is 1. The first-order valence-corrected chi connectivity index (χ1v) is 7.79. The van der Waals surface area contributed by atoms with E-state index in [1.807, 2.05) is 30.3 Å². The number of carbonyl (C=O) groups is 1. The minimum absolute atomic E-state index is 0.0456. The minimum atomic E-state index is -0.187. The molecule has 0 radical (unpaired) electrons. The summed E-state index contributed by atoms with van der Waals surface area (Å²) in [5.74, 6) is 0.378. The van der Waals surface area contributed by atoms with Crippen LogP contribution in [-0.4, -0.2) is 28.7 Å². The van der Waals surface area contributed by atoms with Gasteiger partial charge in [0.1, 0.15) is 11.4 Å². The molecule has 0 spiro atoms. The van der Waals surface area contributed by atoms with Crippen LogP contribution in [0.5, 0.6) is 0 Å². The van der Waals surface area contributed by atoms with Gasteiger partial charge < -0.3 is 11.1 Å². The number of aromatic nitrogens is 2. The molecule has 6 heteroatoms. The van der Waals surface area contributed by atoms with Gasteiger partial charge in [0, 0.05) is 18.2 Å². The lowest BCUT2D eigenvalue weighted by atomic mass is 10.1. The van der Waals surface area contributed by atoms with E-state index in [0.29, 0.717) is 22.6 Å². The van der Waals surface area contributed by atoms with Crippen molar-refractivity contribution in [2.24, 2.45) is 11.7 Å². The third-order valence-electron chi connectivity index (χ3n) is 3.71. The van der Waals surface area contributed by atoms with E-state index >= 15 is 0 Å². The Hall–Kier alpha value is -1.66. The summed E-state index contributed by atoms with van der Waals surface area (Å²) in [5, 5.41) is 9.87. The highest BCUT2D eigenvalue weighted by molar-refractivity contribution is 9.10. The van der Waals surface area contributed by atoms with Gasteiger partial charge in [-0.2, -0.15) is 5.10 Å². The molecule has 1 aliphatic carbocycles. The molecule has 2 aromatic rings. The summed E-state index contributed by atoms with van der Waals surface area (Å²) < 4.78 is 0.672. The Morgan fingerprint density at radius 1 is 1.43 bits per heavy atom. The van der Waals surface area contributed by atoms with Gasteiger partial charge in [0.05, 0.1) is 4.47 Å². The number of carbonyl (C=O) groups excluding carboxylic acids is 1. The van der Waals surface area contributed by atoms with Gasteiger partial charge in [0.15, 0.2) is 0 Å². The second kappa shape index (κ2) is 5.99. The number of halogens is 1. The van der Waals surface area contributed by atoms with Crippen LogP contribution in [0, 0.1) is 5.92 Å². The van der Waals surface area contributed by atoms with Crippen molar-refractivity contribution in [2.75, 3.05) is 6.54 Å². The van der Waals surface area contributed by atoms with Crippen molar-refractivity contribution in [3.05, 3.63) is 40.5 Å². The number of benzene rings is 1. The fraction of sp³-hybridized carbons (Fsp3) is 0.333. The Bertz CT molecular complexity index is 636. The predicted molar refractivity (Wildman–Crippen MR) is 84.8 cm³/mol. The normalized spacial score (nSPS) is 15.7. The van der Waals surface area contributed by atoms with Crippen LogP contribution in [-0.2, 0) is 0 Å². The van der Waals surface area contributed by atoms with Gasteiger partial charge in [-0.15, -0.1) is 0 Å². The second-order valence-corrected chi connectivity index (χ2v) is 6.13. The van der Waals surface area contributed by atoms with Gasteiger partial charge in [0.2, 0.25) is 0 Å². The number of nitrogens with one attached hydrogen (secondary N) is 2. The van der Waals surface area contributed by atoms with Crippen molar-refractivity contribution >= 4 is 21.8 Å². The average molecular weight is 349 g/mol. The number of nitrogens with zero attached hydrogens (tertiary/aromatic N) is 1. The molecule has 1 aliphatic rings. The number of amides is 1. The van der Waals surface area contributed by atoms with Crippen LogP contribution in [0.3, 0.4) is 0 Å². The molecule has 3 rings (SSSR count). The SMILES string of the molecule is NC(CNC(=O)c1[nH]nc(-c2ccccc2)c1Br)C1CC1. The molecule has 1 aromatic heterocycles. The largest absolute Gasteiger partial charge is 0.349 e. The summed E-state index contributed by atoms with van der Waals surface area (Å²) >= 11 is 3.45. The molecule has 1 fully saturated rings. The van der Waals surface area contributed by atoms with Crippen LogP contribution < -0.4 is 11.1 Å². The molecule has 0 saturated heterocycles. The number of hydrogen-bond acceptors (Lipinski definition) is 3. The fourth-order valence-electron chi connectivity index (χ4n) is 2.26. The van der Waals surface area contributed by atoms with Crippen molar-refractivity contribution in [3.8, 4) is 11.3 Å². The molecule has 1 heterocycles. The molecular weight excluding hydrogens is 332 g/mol. The number of H-pyrrole nitrogens is 1. The van der Waals surface area contributed by atoms with Crippen LogP contribution in [0.25, 0.3) is 11.3 Å². The van der Waals surface area contributed by atoms with Crippen LogP contribution in [0.4, 0.5) is 0 Å². The first-order valence-electron chi connectivity index (χ1n) is 7.00. The molecule has 0 aliphatic heterocycles. The number of hydrogen-bond donors (Lipinski definition) is 3.